The SMILES string of the molecule is CC(=O)Nc1ccc([S][Sn]([Cl])([Cl])[S]c2ccc(NC(C)=O)cn2)nc1. The fourth-order valence-electron chi connectivity index (χ4n) is 1.70. The van der Waals surface area contributed by atoms with Crippen LogP contribution < -0.4 is 10.6 Å². The van der Waals surface area contributed by atoms with E-state index in [0.717, 1.165) is 0 Å². The summed E-state index contributed by atoms with van der Waals surface area (Å²) in [4.78, 5) is 30.5. The van der Waals surface area contributed by atoms with Crippen LogP contribution in [0.3, 0.4) is 0 Å². The Morgan fingerprint density at radius 1 is 0.880 bits per heavy atom. The number of nitrogens with zero attached hydrogens (tertiary/aromatic N) is 2. The molecule has 2 aromatic heterocycles. The van der Waals surface area contributed by atoms with Crippen molar-refractivity contribution in [2.24, 2.45) is 0 Å². The number of nitrogens with one attached hydrogen (secondary N) is 2. The second-order valence-electron chi connectivity index (χ2n) is 4.80. The van der Waals surface area contributed by atoms with Crippen molar-refractivity contribution in [3.63, 3.8) is 0 Å². The fourth-order valence-corrected chi connectivity index (χ4v) is 19.9. The van der Waals surface area contributed by atoms with Crippen LogP contribution >= 0.6 is 35.7 Å². The van der Waals surface area contributed by atoms with E-state index < -0.39 is 13.4 Å². The van der Waals surface area contributed by atoms with Gasteiger partial charge in [0, 0.05) is 0 Å². The molecule has 0 saturated heterocycles. The van der Waals surface area contributed by atoms with E-state index in [-0.39, 0.29) is 11.8 Å². The molecule has 0 aliphatic heterocycles. The first-order valence-electron chi connectivity index (χ1n) is 6.97. The van der Waals surface area contributed by atoms with E-state index in [1.165, 1.54) is 31.7 Å². The average molecular weight is 524 g/mol. The second-order valence-corrected chi connectivity index (χ2v) is 37.1. The van der Waals surface area contributed by atoms with Gasteiger partial charge in [-0.2, -0.15) is 0 Å². The third-order valence-electron chi connectivity index (χ3n) is 2.56. The summed E-state index contributed by atoms with van der Waals surface area (Å²) >= 11 is -3.60. The number of carbonyl (C=O) groups excluding carboxylic acids is 2. The Balaban J connectivity index is 1.98. The normalized spacial score (nSPS) is 11.0. The monoisotopic (exact) mass is 524 g/mol. The number of aromatic nitrogens is 2. The van der Waals surface area contributed by atoms with Gasteiger partial charge in [-0.15, -0.1) is 0 Å². The van der Waals surface area contributed by atoms with E-state index in [0.29, 0.717) is 21.4 Å². The van der Waals surface area contributed by atoms with E-state index in [9.17, 15) is 9.59 Å². The molecule has 11 heteroatoms. The maximum absolute atomic E-state index is 11.0. The van der Waals surface area contributed by atoms with Crippen molar-refractivity contribution >= 4 is 72.3 Å². The molecule has 0 radical (unpaired) electrons. The first kappa shape index (κ1) is 20.6. The molecule has 0 atom stereocenters. The van der Waals surface area contributed by atoms with Crippen LogP contribution in [0.2, 0.25) is 0 Å². The minimum absolute atomic E-state index is 0.158. The van der Waals surface area contributed by atoms with Gasteiger partial charge >= 0.3 is 163 Å². The van der Waals surface area contributed by atoms with Gasteiger partial charge in [0.05, 0.1) is 0 Å². The molecule has 0 fully saturated rings. The first-order chi connectivity index (χ1) is 11.7. The minimum atomic E-state index is -3.60. The summed E-state index contributed by atoms with van der Waals surface area (Å²) in [7, 11) is 15.8. The van der Waals surface area contributed by atoms with Crippen LogP contribution in [-0.2, 0) is 9.59 Å². The van der Waals surface area contributed by atoms with Gasteiger partial charge in [-0.25, -0.2) is 0 Å². The summed E-state index contributed by atoms with van der Waals surface area (Å²) in [6.45, 7) is 2.87. The third kappa shape index (κ3) is 7.61. The van der Waals surface area contributed by atoms with Crippen molar-refractivity contribution in [3.8, 4) is 0 Å². The molecule has 0 aliphatic rings. The molecule has 132 valence electrons. The number of rotatable bonds is 6. The Hall–Kier alpha value is -0.681. The zero-order chi connectivity index (χ0) is 18.4. The van der Waals surface area contributed by atoms with E-state index in [4.69, 9.17) is 17.8 Å². The van der Waals surface area contributed by atoms with Crippen molar-refractivity contribution in [2.75, 3.05) is 10.6 Å². The van der Waals surface area contributed by atoms with Crippen molar-refractivity contribution < 1.29 is 9.59 Å². The molecule has 0 unspecified atom stereocenters. The molecule has 2 rings (SSSR count). The topological polar surface area (TPSA) is 84.0 Å². The standard InChI is InChI=1S/2C7H8N2OS.2ClH.Sn/c2*1-5(10)9-6-2-3-7(11)8-4-6;;;/h2*2-4H,1H3,(H,8,11)(H,9,10);2*1H;/q;;;;+4/p-4. The number of hydrogen-bond donors (Lipinski definition) is 2. The van der Waals surface area contributed by atoms with E-state index in [1.807, 2.05) is 0 Å². The van der Waals surface area contributed by atoms with Gasteiger partial charge in [-0.3, -0.25) is 0 Å². The Bertz CT molecular complexity index is 697. The van der Waals surface area contributed by atoms with Crippen molar-refractivity contribution in [1.29, 1.82) is 0 Å². The van der Waals surface area contributed by atoms with Crippen LogP contribution in [0.1, 0.15) is 13.8 Å². The molecule has 2 N–H and O–H groups in total. The van der Waals surface area contributed by atoms with Crippen LogP contribution in [0.5, 0.6) is 0 Å². The van der Waals surface area contributed by atoms with Crippen LogP contribution in [0, 0.1) is 0 Å². The van der Waals surface area contributed by atoms with Crippen LogP contribution in [0.15, 0.2) is 46.7 Å². The zero-order valence-electron chi connectivity index (χ0n) is 13.2. The third-order valence-corrected chi connectivity index (χ3v) is 21.2. The molecular weight excluding hydrogens is 510 g/mol. The number of anilines is 2. The van der Waals surface area contributed by atoms with Gasteiger partial charge in [-0.1, -0.05) is 0 Å². The predicted molar refractivity (Wildman–Crippen MR) is 106 cm³/mol. The first-order valence-corrected chi connectivity index (χ1v) is 22.8. The molecule has 0 spiro atoms. The number of amides is 2. The van der Waals surface area contributed by atoms with Crippen molar-refractivity contribution in [3.05, 3.63) is 36.7 Å². The molecule has 0 saturated carbocycles. The van der Waals surface area contributed by atoms with E-state index in [2.05, 4.69) is 20.6 Å². The summed E-state index contributed by atoms with van der Waals surface area (Å²) in [6.07, 6.45) is 3.12. The van der Waals surface area contributed by atoms with Gasteiger partial charge < -0.3 is 0 Å². The summed E-state index contributed by atoms with van der Waals surface area (Å²) in [5.41, 5.74) is 1.23. The summed E-state index contributed by atoms with van der Waals surface area (Å²) in [6, 6.07) is 7.02. The average Bonchev–Trinajstić information content (AvgIpc) is 2.49. The number of pyridine rings is 2. The van der Waals surface area contributed by atoms with Crippen molar-refractivity contribution in [2.45, 2.75) is 23.9 Å². The van der Waals surface area contributed by atoms with Gasteiger partial charge in [0.2, 0.25) is 0 Å². The number of carbonyl (C=O) groups is 2. The van der Waals surface area contributed by atoms with E-state index in [1.54, 1.807) is 36.7 Å². The molecule has 25 heavy (non-hydrogen) atoms. The Labute approximate surface area is 162 Å². The van der Waals surface area contributed by atoms with Crippen molar-refractivity contribution in [1.82, 2.24) is 9.97 Å². The molecule has 6 nitrogen and oxygen atoms in total. The Kier molecular flexibility index (Phi) is 7.68. The molecule has 2 heterocycles. The molecule has 2 aromatic rings. The Morgan fingerprint density at radius 3 is 1.56 bits per heavy atom. The molecule has 0 bridgehead atoms. The van der Waals surface area contributed by atoms with Gasteiger partial charge in [-0.05, 0) is 0 Å². The fraction of sp³-hybridized carbons (Fsp3) is 0.143. The van der Waals surface area contributed by atoms with Crippen LogP contribution in [-0.4, -0.2) is 35.1 Å². The maximum atomic E-state index is 11.0. The van der Waals surface area contributed by atoms with Crippen LogP contribution in [0.4, 0.5) is 11.4 Å². The van der Waals surface area contributed by atoms with E-state index >= 15 is 0 Å². The molecular formula is C14H14Cl2N4O2S2Sn. The molecule has 0 aliphatic carbocycles. The van der Waals surface area contributed by atoms with Crippen LogP contribution in [0.25, 0.3) is 0 Å². The van der Waals surface area contributed by atoms with Gasteiger partial charge in [0.25, 0.3) is 0 Å². The summed E-state index contributed by atoms with van der Waals surface area (Å²) in [5, 5.41) is 6.68. The summed E-state index contributed by atoms with van der Waals surface area (Å²) in [5.74, 6) is -0.315. The second kappa shape index (κ2) is 9.31. The Morgan fingerprint density at radius 2 is 1.28 bits per heavy atom. The number of hydrogen-bond acceptors (Lipinski definition) is 6. The van der Waals surface area contributed by atoms with Gasteiger partial charge in [0.15, 0.2) is 0 Å². The van der Waals surface area contributed by atoms with Gasteiger partial charge in [0.1, 0.15) is 0 Å². The zero-order valence-corrected chi connectivity index (χ0v) is 19.2. The molecule has 2 amide bonds. The molecule has 0 aromatic carbocycles. The summed E-state index contributed by atoms with van der Waals surface area (Å²) < 4.78 is 0. The predicted octanol–water partition coefficient (Wildman–Crippen LogP) is 4.19. The number of halogens is 2. The quantitative estimate of drug-likeness (QED) is 0.552.